The summed E-state index contributed by atoms with van der Waals surface area (Å²) in [6, 6.07) is 1.42. The SMILES string of the molecule is CC(N)CC(=O)Nc1nc(-c2c[nH]c(C(N)=O)c2)cs1. The van der Waals surface area contributed by atoms with Crippen molar-refractivity contribution in [2.24, 2.45) is 11.5 Å². The van der Waals surface area contributed by atoms with E-state index in [4.69, 9.17) is 11.5 Å². The van der Waals surface area contributed by atoms with Gasteiger partial charge in [0.25, 0.3) is 5.91 Å². The highest BCUT2D eigenvalue weighted by Crippen LogP contribution is 2.25. The summed E-state index contributed by atoms with van der Waals surface area (Å²) < 4.78 is 0. The van der Waals surface area contributed by atoms with Crippen LogP contribution in [0.4, 0.5) is 5.13 Å². The molecule has 0 aromatic carbocycles. The summed E-state index contributed by atoms with van der Waals surface area (Å²) in [6.07, 6.45) is 1.88. The number of anilines is 1. The number of thiazole rings is 1. The number of nitrogens with two attached hydrogens (primary N) is 2. The number of aromatic nitrogens is 2. The fourth-order valence-electron chi connectivity index (χ4n) is 1.61. The lowest BCUT2D eigenvalue weighted by molar-refractivity contribution is -0.116. The molecule has 0 spiro atoms. The second-order valence-corrected chi connectivity index (χ2v) is 5.29. The number of aromatic amines is 1. The molecule has 0 saturated carbocycles. The zero-order valence-corrected chi connectivity index (χ0v) is 11.7. The normalized spacial score (nSPS) is 12.1. The molecule has 7 nitrogen and oxygen atoms in total. The van der Waals surface area contributed by atoms with Gasteiger partial charge >= 0.3 is 0 Å². The number of carbonyl (C=O) groups excluding carboxylic acids is 2. The lowest BCUT2D eigenvalue weighted by Crippen LogP contribution is -2.23. The first-order valence-corrected chi connectivity index (χ1v) is 6.83. The Bertz CT molecular complexity index is 631. The van der Waals surface area contributed by atoms with E-state index in [0.717, 1.165) is 5.56 Å². The van der Waals surface area contributed by atoms with Gasteiger partial charge in [0.15, 0.2) is 5.13 Å². The third-order valence-corrected chi connectivity index (χ3v) is 3.26. The Kier molecular flexibility index (Phi) is 4.16. The van der Waals surface area contributed by atoms with Crippen LogP contribution in [0.25, 0.3) is 11.3 Å². The smallest absolute Gasteiger partial charge is 0.265 e. The third kappa shape index (κ3) is 3.43. The van der Waals surface area contributed by atoms with Gasteiger partial charge in [0.05, 0.1) is 5.69 Å². The van der Waals surface area contributed by atoms with Crippen molar-refractivity contribution in [3.63, 3.8) is 0 Å². The number of nitrogens with zero attached hydrogens (tertiary/aromatic N) is 1. The molecule has 0 bridgehead atoms. The van der Waals surface area contributed by atoms with Gasteiger partial charge in [-0.2, -0.15) is 0 Å². The van der Waals surface area contributed by atoms with Crippen LogP contribution in [-0.2, 0) is 4.79 Å². The Labute approximate surface area is 119 Å². The molecule has 0 radical (unpaired) electrons. The molecule has 1 atom stereocenters. The van der Waals surface area contributed by atoms with Crippen LogP contribution in [-0.4, -0.2) is 27.8 Å². The average Bonchev–Trinajstić information content (AvgIpc) is 2.94. The first kappa shape index (κ1) is 14.2. The minimum atomic E-state index is -0.531. The summed E-state index contributed by atoms with van der Waals surface area (Å²) in [5.74, 6) is -0.704. The molecule has 1 unspecified atom stereocenters. The maximum atomic E-state index is 11.6. The second kappa shape index (κ2) is 5.85. The van der Waals surface area contributed by atoms with Crippen LogP contribution >= 0.6 is 11.3 Å². The van der Waals surface area contributed by atoms with E-state index >= 15 is 0 Å². The fourth-order valence-corrected chi connectivity index (χ4v) is 2.35. The molecular weight excluding hydrogens is 278 g/mol. The monoisotopic (exact) mass is 293 g/mol. The minimum absolute atomic E-state index is 0.173. The molecule has 0 aliphatic rings. The quantitative estimate of drug-likeness (QED) is 0.653. The van der Waals surface area contributed by atoms with Gasteiger partial charge in [-0.05, 0) is 13.0 Å². The van der Waals surface area contributed by atoms with E-state index in [9.17, 15) is 9.59 Å². The van der Waals surface area contributed by atoms with Gasteiger partial charge in [0.2, 0.25) is 5.91 Å². The van der Waals surface area contributed by atoms with Gasteiger partial charge in [0.1, 0.15) is 5.69 Å². The van der Waals surface area contributed by atoms with Crippen LogP contribution in [0.2, 0.25) is 0 Å². The standard InChI is InChI=1S/C12H15N5O2S/c1-6(13)2-10(18)17-12-16-9(5-20-12)7-3-8(11(14)19)15-4-7/h3-6,15H,2,13H2,1H3,(H2,14,19)(H,16,17,18). The van der Waals surface area contributed by atoms with Gasteiger partial charge in [0, 0.05) is 29.6 Å². The Morgan fingerprint density at radius 1 is 1.55 bits per heavy atom. The van der Waals surface area contributed by atoms with Gasteiger partial charge < -0.3 is 21.8 Å². The molecule has 2 aromatic heterocycles. The summed E-state index contributed by atoms with van der Waals surface area (Å²) in [6.45, 7) is 1.76. The molecule has 2 aromatic rings. The molecule has 2 amide bonds. The molecule has 0 aliphatic carbocycles. The van der Waals surface area contributed by atoms with Crippen molar-refractivity contribution in [3.8, 4) is 11.3 Å². The van der Waals surface area contributed by atoms with Crippen molar-refractivity contribution in [1.82, 2.24) is 9.97 Å². The first-order valence-electron chi connectivity index (χ1n) is 5.95. The predicted octanol–water partition coefficient (Wildman–Crippen LogP) is 0.913. The van der Waals surface area contributed by atoms with E-state index in [-0.39, 0.29) is 18.4 Å². The van der Waals surface area contributed by atoms with Crippen molar-refractivity contribution >= 4 is 28.3 Å². The first-order chi connectivity index (χ1) is 9.45. The van der Waals surface area contributed by atoms with Gasteiger partial charge in [-0.15, -0.1) is 11.3 Å². The van der Waals surface area contributed by atoms with E-state index < -0.39 is 5.91 Å². The zero-order valence-electron chi connectivity index (χ0n) is 10.8. The summed E-state index contributed by atoms with van der Waals surface area (Å²) >= 11 is 1.30. The molecule has 0 saturated heterocycles. The third-order valence-electron chi connectivity index (χ3n) is 2.50. The average molecular weight is 293 g/mol. The largest absolute Gasteiger partial charge is 0.364 e. The Balaban J connectivity index is 2.08. The van der Waals surface area contributed by atoms with Crippen LogP contribution in [0.1, 0.15) is 23.8 Å². The lowest BCUT2D eigenvalue weighted by atomic mass is 10.2. The van der Waals surface area contributed by atoms with Crippen molar-refractivity contribution in [1.29, 1.82) is 0 Å². The highest BCUT2D eigenvalue weighted by atomic mass is 32.1. The minimum Gasteiger partial charge on any atom is -0.364 e. The van der Waals surface area contributed by atoms with E-state index in [1.807, 2.05) is 0 Å². The molecule has 0 fully saturated rings. The van der Waals surface area contributed by atoms with Crippen molar-refractivity contribution in [3.05, 3.63) is 23.3 Å². The van der Waals surface area contributed by atoms with Crippen LogP contribution in [0, 0.1) is 0 Å². The summed E-state index contributed by atoms with van der Waals surface area (Å²) in [4.78, 5) is 29.6. The lowest BCUT2D eigenvalue weighted by Gasteiger charge is -2.03. The molecule has 8 heteroatoms. The molecule has 0 aliphatic heterocycles. The van der Waals surface area contributed by atoms with Gasteiger partial charge in [-0.1, -0.05) is 0 Å². The molecule has 6 N–H and O–H groups in total. The molecule has 2 rings (SSSR count). The van der Waals surface area contributed by atoms with Crippen molar-refractivity contribution < 1.29 is 9.59 Å². The molecular formula is C12H15N5O2S. The number of hydrogen-bond acceptors (Lipinski definition) is 5. The predicted molar refractivity (Wildman–Crippen MR) is 77.3 cm³/mol. The maximum Gasteiger partial charge on any atom is 0.265 e. The topological polar surface area (TPSA) is 127 Å². The summed E-state index contributed by atoms with van der Waals surface area (Å²) in [7, 11) is 0. The number of carbonyl (C=O) groups is 2. The van der Waals surface area contributed by atoms with Crippen molar-refractivity contribution in [2.45, 2.75) is 19.4 Å². The van der Waals surface area contributed by atoms with Gasteiger partial charge in [-0.3, -0.25) is 9.59 Å². The number of primary amides is 1. The highest BCUT2D eigenvalue weighted by Gasteiger charge is 2.11. The number of rotatable bonds is 5. The Morgan fingerprint density at radius 2 is 2.30 bits per heavy atom. The fraction of sp³-hybridized carbons (Fsp3) is 0.250. The van der Waals surface area contributed by atoms with Crippen LogP contribution in [0.5, 0.6) is 0 Å². The number of nitrogens with one attached hydrogen (secondary N) is 2. The Hall–Kier alpha value is -2.19. The van der Waals surface area contributed by atoms with Gasteiger partial charge in [-0.25, -0.2) is 4.98 Å². The van der Waals surface area contributed by atoms with Crippen LogP contribution < -0.4 is 16.8 Å². The number of H-pyrrole nitrogens is 1. The van der Waals surface area contributed by atoms with Crippen LogP contribution in [0.3, 0.4) is 0 Å². The van der Waals surface area contributed by atoms with E-state index in [1.165, 1.54) is 11.3 Å². The zero-order chi connectivity index (χ0) is 14.7. The van der Waals surface area contributed by atoms with Crippen molar-refractivity contribution in [2.75, 3.05) is 5.32 Å². The number of hydrogen-bond donors (Lipinski definition) is 4. The second-order valence-electron chi connectivity index (χ2n) is 4.43. The molecule has 106 valence electrons. The van der Waals surface area contributed by atoms with Crippen LogP contribution in [0.15, 0.2) is 17.6 Å². The summed E-state index contributed by atoms with van der Waals surface area (Å²) in [5.41, 5.74) is 12.4. The number of amides is 2. The highest BCUT2D eigenvalue weighted by molar-refractivity contribution is 7.14. The maximum absolute atomic E-state index is 11.6. The van der Waals surface area contributed by atoms with E-state index in [2.05, 4.69) is 15.3 Å². The molecule has 2 heterocycles. The Morgan fingerprint density at radius 3 is 2.90 bits per heavy atom. The molecule has 20 heavy (non-hydrogen) atoms. The van der Waals surface area contributed by atoms with E-state index in [1.54, 1.807) is 24.6 Å². The van der Waals surface area contributed by atoms with E-state index in [0.29, 0.717) is 16.5 Å². The summed E-state index contributed by atoms with van der Waals surface area (Å²) in [5, 5.41) is 4.96.